The Kier molecular flexibility index (Phi) is 4.72. The van der Waals surface area contributed by atoms with Crippen LogP contribution in [0.4, 0.5) is 5.69 Å². The third-order valence-electron chi connectivity index (χ3n) is 3.57. The number of hydrogen-bond acceptors (Lipinski definition) is 4. The first kappa shape index (κ1) is 16.4. The highest BCUT2D eigenvalue weighted by atomic mass is 35.5. The molecule has 1 aliphatic heterocycles. The van der Waals surface area contributed by atoms with Crippen molar-refractivity contribution in [3.63, 3.8) is 0 Å². The zero-order chi connectivity index (χ0) is 16.4. The van der Waals surface area contributed by atoms with E-state index in [2.05, 4.69) is 5.32 Å². The predicted molar refractivity (Wildman–Crippen MR) is 91.7 cm³/mol. The largest absolute Gasteiger partial charge is 0.321 e. The van der Waals surface area contributed by atoms with E-state index in [9.17, 15) is 13.2 Å². The third kappa shape index (κ3) is 3.58. The van der Waals surface area contributed by atoms with Crippen LogP contribution in [0.1, 0.15) is 22.5 Å². The average molecular weight is 371 g/mol. The molecule has 0 radical (unpaired) electrons. The van der Waals surface area contributed by atoms with E-state index in [1.807, 2.05) is 0 Å². The van der Waals surface area contributed by atoms with Crippen molar-refractivity contribution in [2.45, 2.75) is 17.1 Å². The molecule has 0 bridgehead atoms. The van der Waals surface area contributed by atoms with E-state index in [0.717, 1.165) is 24.2 Å². The molecule has 0 atom stereocenters. The molecule has 2 heterocycles. The molecule has 2 aromatic rings. The van der Waals surface area contributed by atoms with Crippen LogP contribution >= 0.6 is 22.9 Å². The van der Waals surface area contributed by atoms with Crippen molar-refractivity contribution in [3.8, 4) is 0 Å². The zero-order valence-electron chi connectivity index (χ0n) is 12.2. The lowest BCUT2D eigenvalue weighted by atomic mass is 10.3. The number of anilines is 1. The molecule has 5 nitrogen and oxygen atoms in total. The first-order chi connectivity index (χ1) is 11.0. The van der Waals surface area contributed by atoms with Gasteiger partial charge in [-0.3, -0.25) is 4.79 Å². The summed E-state index contributed by atoms with van der Waals surface area (Å²) in [5.41, 5.74) is 0.608. The minimum Gasteiger partial charge on any atom is -0.321 e. The summed E-state index contributed by atoms with van der Waals surface area (Å²) in [5, 5.41) is 3.31. The molecular formula is C15H15ClN2O3S2. The molecule has 1 N–H and O–H groups in total. The van der Waals surface area contributed by atoms with Crippen LogP contribution in [-0.4, -0.2) is 31.7 Å². The maximum atomic E-state index is 12.5. The molecular weight excluding hydrogens is 356 g/mol. The van der Waals surface area contributed by atoms with Gasteiger partial charge in [-0.05, 0) is 49.2 Å². The number of benzene rings is 1. The molecule has 0 unspecified atom stereocenters. The van der Waals surface area contributed by atoms with Crippen LogP contribution in [0.25, 0.3) is 0 Å². The molecule has 0 saturated carbocycles. The number of carbonyl (C=O) groups is 1. The smallest absolute Gasteiger partial charge is 0.265 e. The number of nitrogens with zero attached hydrogens (tertiary/aromatic N) is 1. The lowest BCUT2D eigenvalue weighted by molar-refractivity contribution is 0.103. The number of thiophene rings is 1. The average Bonchev–Trinajstić information content (AvgIpc) is 3.21. The normalized spacial score (nSPS) is 15.7. The maximum absolute atomic E-state index is 12.5. The quantitative estimate of drug-likeness (QED) is 0.896. The van der Waals surface area contributed by atoms with Gasteiger partial charge in [0.2, 0.25) is 0 Å². The first-order valence-electron chi connectivity index (χ1n) is 7.14. The monoisotopic (exact) mass is 370 g/mol. The highest BCUT2D eigenvalue weighted by Gasteiger charge is 2.29. The molecule has 122 valence electrons. The Balaban J connectivity index is 1.76. The Morgan fingerprint density at radius 1 is 1.09 bits per heavy atom. The standard InChI is InChI=1S/C15H15ClN2O3S2/c16-11-3-5-12(6-4-11)17-15(19)13-7-8-14(22-13)23(20,21)18-9-1-2-10-18/h3-8H,1-2,9-10H2,(H,17,19). The van der Waals surface area contributed by atoms with Gasteiger partial charge in [0.15, 0.2) is 0 Å². The Labute approximate surface area is 143 Å². The number of nitrogens with one attached hydrogen (secondary N) is 1. The van der Waals surface area contributed by atoms with Gasteiger partial charge < -0.3 is 5.32 Å². The summed E-state index contributed by atoms with van der Waals surface area (Å²) < 4.78 is 26.6. The minimum absolute atomic E-state index is 0.209. The van der Waals surface area contributed by atoms with E-state index >= 15 is 0 Å². The van der Waals surface area contributed by atoms with Gasteiger partial charge in [-0.1, -0.05) is 11.6 Å². The van der Waals surface area contributed by atoms with E-state index in [-0.39, 0.29) is 10.1 Å². The van der Waals surface area contributed by atoms with Crippen molar-refractivity contribution in [1.82, 2.24) is 4.31 Å². The fourth-order valence-electron chi connectivity index (χ4n) is 2.36. The summed E-state index contributed by atoms with van der Waals surface area (Å²) in [4.78, 5) is 12.6. The van der Waals surface area contributed by atoms with E-state index in [1.54, 1.807) is 30.3 Å². The second kappa shape index (κ2) is 6.60. The van der Waals surface area contributed by atoms with E-state index < -0.39 is 10.0 Å². The minimum atomic E-state index is -3.48. The SMILES string of the molecule is O=C(Nc1ccc(Cl)cc1)c1ccc(S(=O)(=O)N2CCCC2)s1. The fraction of sp³-hybridized carbons (Fsp3) is 0.267. The molecule has 1 aliphatic rings. The first-order valence-corrected chi connectivity index (χ1v) is 9.77. The number of carbonyl (C=O) groups excluding carboxylic acids is 1. The van der Waals surface area contributed by atoms with Crippen LogP contribution in [0.5, 0.6) is 0 Å². The van der Waals surface area contributed by atoms with Gasteiger partial charge in [0.05, 0.1) is 4.88 Å². The Morgan fingerprint density at radius 2 is 1.74 bits per heavy atom. The molecule has 0 spiro atoms. The summed E-state index contributed by atoms with van der Waals surface area (Å²) in [6.07, 6.45) is 1.77. The molecule has 1 aromatic heterocycles. The van der Waals surface area contributed by atoms with Crippen LogP contribution < -0.4 is 5.32 Å². The second-order valence-corrected chi connectivity index (χ2v) is 8.88. The van der Waals surface area contributed by atoms with E-state index in [4.69, 9.17) is 11.6 Å². The van der Waals surface area contributed by atoms with Crippen molar-refractivity contribution in [3.05, 3.63) is 46.3 Å². The number of rotatable bonds is 4. The zero-order valence-corrected chi connectivity index (χ0v) is 14.5. The van der Waals surface area contributed by atoms with Crippen LogP contribution in [0, 0.1) is 0 Å². The molecule has 1 saturated heterocycles. The van der Waals surface area contributed by atoms with Crippen molar-refractivity contribution in [1.29, 1.82) is 0 Å². The lowest BCUT2D eigenvalue weighted by Crippen LogP contribution is -2.27. The number of amides is 1. The maximum Gasteiger partial charge on any atom is 0.265 e. The molecule has 8 heteroatoms. The fourth-order valence-corrected chi connectivity index (χ4v) is 5.36. The summed E-state index contributed by atoms with van der Waals surface area (Å²) >= 11 is 6.79. The Hall–Kier alpha value is -1.41. The molecule has 23 heavy (non-hydrogen) atoms. The van der Waals surface area contributed by atoms with Crippen molar-refractivity contribution in [2.75, 3.05) is 18.4 Å². The van der Waals surface area contributed by atoms with Crippen molar-refractivity contribution in [2.24, 2.45) is 0 Å². The molecule has 1 amide bonds. The summed E-state index contributed by atoms with van der Waals surface area (Å²) in [6.45, 7) is 1.10. The Bertz CT molecular complexity index is 810. The number of halogens is 1. The van der Waals surface area contributed by atoms with Crippen LogP contribution in [0.2, 0.25) is 5.02 Å². The highest BCUT2D eigenvalue weighted by molar-refractivity contribution is 7.91. The topological polar surface area (TPSA) is 66.5 Å². The van der Waals surface area contributed by atoms with Gasteiger partial charge in [0, 0.05) is 23.8 Å². The van der Waals surface area contributed by atoms with Gasteiger partial charge in [-0.25, -0.2) is 8.42 Å². The van der Waals surface area contributed by atoms with Gasteiger partial charge in [0.1, 0.15) is 4.21 Å². The van der Waals surface area contributed by atoms with Crippen molar-refractivity contribution >= 4 is 44.6 Å². The molecule has 3 rings (SSSR count). The summed E-state index contributed by atoms with van der Waals surface area (Å²) in [7, 11) is -3.48. The van der Waals surface area contributed by atoms with Crippen LogP contribution in [0.3, 0.4) is 0 Å². The van der Waals surface area contributed by atoms with Crippen LogP contribution in [-0.2, 0) is 10.0 Å². The summed E-state index contributed by atoms with van der Waals surface area (Å²) in [6, 6.07) is 9.77. The van der Waals surface area contributed by atoms with E-state index in [0.29, 0.717) is 28.7 Å². The molecule has 1 aromatic carbocycles. The number of hydrogen-bond donors (Lipinski definition) is 1. The van der Waals surface area contributed by atoms with E-state index in [1.165, 1.54) is 10.4 Å². The summed E-state index contributed by atoms with van der Waals surface area (Å²) in [5.74, 6) is -0.333. The van der Waals surface area contributed by atoms with Gasteiger partial charge >= 0.3 is 0 Å². The van der Waals surface area contributed by atoms with Gasteiger partial charge in [0.25, 0.3) is 15.9 Å². The Morgan fingerprint density at radius 3 is 2.39 bits per heavy atom. The third-order valence-corrected chi connectivity index (χ3v) is 7.27. The second-order valence-electron chi connectivity index (χ2n) is 5.19. The van der Waals surface area contributed by atoms with Gasteiger partial charge in [-0.15, -0.1) is 11.3 Å². The molecule has 0 aliphatic carbocycles. The highest BCUT2D eigenvalue weighted by Crippen LogP contribution is 2.28. The number of sulfonamides is 1. The predicted octanol–water partition coefficient (Wildman–Crippen LogP) is 3.44. The van der Waals surface area contributed by atoms with Gasteiger partial charge in [-0.2, -0.15) is 4.31 Å². The van der Waals surface area contributed by atoms with Crippen molar-refractivity contribution < 1.29 is 13.2 Å². The lowest BCUT2D eigenvalue weighted by Gasteiger charge is -2.13. The van der Waals surface area contributed by atoms with Crippen LogP contribution in [0.15, 0.2) is 40.6 Å². The molecule has 1 fully saturated rings.